The van der Waals surface area contributed by atoms with E-state index in [1.807, 2.05) is 25.1 Å². The van der Waals surface area contributed by atoms with Gasteiger partial charge in [-0.3, -0.25) is 0 Å². The molecular weight excluding hydrogens is 200 g/mol. The first-order valence-corrected chi connectivity index (χ1v) is 6.00. The number of carbonyl (C=O) groups is 1. The van der Waals surface area contributed by atoms with E-state index < -0.39 is 0 Å². The summed E-state index contributed by atoms with van der Waals surface area (Å²) in [5, 5.41) is 0. The number of hydrogen-bond acceptors (Lipinski definition) is 2. The molecule has 0 N–H and O–H groups in total. The summed E-state index contributed by atoms with van der Waals surface area (Å²) in [5.41, 5.74) is 0.629. The highest BCUT2D eigenvalue weighted by molar-refractivity contribution is 5.89. The molecule has 0 aliphatic rings. The summed E-state index contributed by atoms with van der Waals surface area (Å²) in [5.74, 6) is -0.218. The molecule has 0 fully saturated rings. The molecule has 0 heterocycles. The molecule has 0 aliphatic carbocycles. The smallest absolute Gasteiger partial charge is 0.338 e. The fraction of sp³-hybridized carbons (Fsp3) is 0.500. The number of esters is 1. The second-order valence-corrected chi connectivity index (χ2v) is 4.08. The molecule has 0 amide bonds. The Bertz CT molecular complexity index is 306. The molecular formula is C14H20O2. The van der Waals surface area contributed by atoms with Gasteiger partial charge in [-0.1, -0.05) is 38.0 Å². The van der Waals surface area contributed by atoms with E-state index in [1.54, 1.807) is 12.1 Å². The Labute approximate surface area is 97.6 Å². The quantitative estimate of drug-likeness (QED) is 0.538. The molecule has 0 aliphatic heterocycles. The van der Waals surface area contributed by atoms with Crippen LogP contribution in [0, 0.1) is 0 Å². The Morgan fingerprint density at radius 2 is 1.94 bits per heavy atom. The van der Waals surface area contributed by atoms with E-state index in [-0.39, 0.29) is 12.1 Å². The maximum Gasteiger partial charge on any atom is 0.338 e. The zero-order chi connectivity index (χ0) is 11.8. The van der Waals surface area contributed by atoms with Gasteiger partial charge in [0, 0.05) is 0 Å². The van der Waals surface area contributed by atoms with E-state index in [0.29, 0.717) is 5.56 Å². The zero-order valence-corrected chi connectivity index (χ0v) is 10.1. The van der Waals surface area contributed by atoms with Crippen molar-refractivity contribution in [1.82, 2.24) is 0 Å². The van der Waals surface area contributed by atoms with Gasteiger partial charge in [-0.2, -0.15) is 0 Å². The van der Waals surface area contributed by atoms with Crippen LogP contribution in [0.1, 0.15) is 49.9 Å². The van der Waals surface area contributed by atoms with Crippen LogP contribution in [0.3, 0.4) is 0 Å². The van der Waals surface area contributed by atoms with E-state index in [4.69, 9.17) is 4.74 Å². The van der Waals surface area contributed by atoms with Crippen molar-refractivity contribution in [3.63, 3.8) is 0 Å². The summed E-state index contributed by atoms with van der Waals surface area (Å²) in [6.45, 7) is 4.12. The Hall–Kier alpha value is -1.31. The van der Waals surface area contributed by atoms with E-state index >= 15 is 0 Å². The molecule has 88 valence electrons. The molecule has 1 aromatic carbocycles. The maximum atomic E-state index is 11.7. The summed E-state index contributed by atoms with van der Waals surface area (Å²) in [4.78, 5) is 11.7. The second kappa shape index (κ2) is 7.04. The van der Waals surface area contributed by atoms with Gasteiger partial charge >= 0.3 is 5.97 Å². The summed E-state index contributed by atoms with van der Waals surface area (Å²) >= 11 is 0. The largest absolute Gasteiger partial charge is 0.459 e. The monoisotopic (exact) mass is 220 g/mol. The highest BCUT2D eigenvalue weighted by Gasteiger charge is 2.10. The number of unbranched alkanes of at least 4 members (excludes halogenated alkanes) is 2. The minimum absolute atomic E-state index is 0.0132. The Kier molecular flexibility index (Phi) is 5.62. The molecule has 0 aromatic heterocycles. The normalized spacial score (nSPS) is 12.1. The van der Waals surface area contributed by atoms with E-state index in [9.17, 15) is 4.79 Å². The third kappa shape index (κ3) is 4.47. The third-order valence-corrected chi connectivity index (χ3v) is 2.53. The van der Waals surface area contributed by atoms with E-state index in [0.717, 1.165) is 12.8 Å². The fourth-order valence-electron chi connectivity index (χ4n) is 1.57. The highest BCUT2D eigenvalue weighted by Crippen LogP contribution is 2.09. The molecule has 0 saturated carbocycles. The molecule has 0 radical (unpaired) electrons. The number of carbonyl (C=O) groups excluding carboxylic acids is 1. The van der Waals surface area contributed by atoms with Crippen molar-refractivity contribution in [2.24, 2.45) is 0 Å². The summed E-state index contributed by atoms with van der Waals surface area (Å²) in [7, 11) is 0. The molecule has 16 heavy (non-hydrogen) atoms. The third-order valence-electron chi connectivity index (χ3n) is 2.53. The van der Waals surface area contributed by atoms with Crippen LogP contribution < -0.4 is 0 Å². The Balaban J connectivity index is 2.34. The van der Waals surface area contributed by atoms with Crippen LogP contribution >= 0.6 is 0 Å². The summed E-state index contributed by atoms with van der Waals surface area (Å²) < 4.78 is 5.34. The number of hydrogen-bond donors (Lipinski definition) is 0. The zero-order valence-electron chi connectivity index (χ0n) is 10.1. The minimum Gasteiger partial charge on any atom is -0.459 e. The van der Waals surface area contributed by atoms with Crippen molar-refractivity contribution in [3.8, 4) is 0 Å². The van der Waals surface area contributed by atoms with E-state index in [1.165, 1.54) is 12.8 Å². The van der Waals surface area contributed by atoms with Crippen molar-refractivity contribution >= 4 is 5.97 Å². The number of rotatable bonds is 6. The molecule has 1 rings (SSSR count). The minimum atomic E-state index is -0.218. The second-order valence-electron chi connectivity index (χ2n) is 4.08. The number of benzene rings is 1. The van der Waals surface area contributed by atoms with Crippen LogP contribution in [0.25, 0.3) is 0 Å². The van der Waals surface area contributed by atoms with Gasteiger partial charge in [0.15, 0.2) is 0 Å². The van der Waals surface area contributed by atoms with Crippen LogP contribution in [0.5, 0.6) is 0 Å². The maximum absolute atomic E-state index is 11.7. The van der Waals surface area contributed by atoms with Crippen LogP contribution in [-0.2, 0) is 4.74 Å². The SMILES string of the molecule is CCCCC[C@H](C)OC(=O)c1ccccc1. The van der Waals surface area contributed by atoms with Gasteiger partial charge in [0.2, 0.25) is 0 Å². The summed E-state index contributed by atoms with van der Waals surface area (Å²) in [6, 6.07) is 9.14. The standard InChI is InChI=1S/C14H20O2/c1-3-4-6-9-12(2)16-14(15)13-10-7-5-8-11-13/h5,7-8,10-12H,3-4,6,9H2,1-2H3/t12-/m0/s1. The van der Waals surface area contributed by atoms with Crippen molar-refractivity contribution < 1.29 is 9.53 Å². The van der Waals surface area contributed by atoms with Crippen molar-refractivity contribution in [2.45, 2.75) is 45.6 Å². The van der Waals surface area contributed by atoms with Gasteiger partial charge in [0.05, 0.1) is 11.7 Å². The molecule has 0 saturated heterocycles. The number of ether oxygens (including phenoxy) is 1. The Morgan fingerprint density at radius 1 is 1.25 bits per heavy atom. The molecule has 0 spiro atoms. The van der Waals surface area contributed by atoms with Gasteiger partial charge in [0.25, 0.3) is 0 Å². The molecule has 1 atom stereocenters. The van der Waals surface area contributed by atoms with Crippen LogP contribution in [0.2, 0.25) is 0 Å². The van der Waals surface area contributed by atoms with Crippen LogP contribution in [0.15, 0.2) is 30.3 Å². The van der Waals surface area contributed by atoms with Gasteiger partial charge in [-0.15, -0.1) is 0 Å². The lowest BCUT2D eigenvalue weighted by molar-refractivity contribution is 0.0319. The molecule has 0 unspecified atom stereocenters. The molecule has 2 nitrogen and oxygen atoms in total. The van der Waals surface area contributed by atoms with Gasteiger partial charge in [-0.05, 0) is 31.9 Å². The average molecular weight is 220 g/mol. The summed E-state index contributed by atoms with van der Waals surface area (Å²) in [6.07, 6.45) is 4.48. The molecule has 0 bridgehead atoms. The predicted molar refractivity (Wildman–Crippen MR) is 65.5 cm³/mol. The van der Waals surface area contributed by atoms with E-state index in [2.05, 4.69) is 6.92 Å². The van der Waals surface area contributed by atoms with Crippen molar-refractivity contribution in [1.29, 1.82) is 0 Å². The first-order chi connectivity index (χ1) is 7.74. The average Bonchev–Trinajstić information content (AvgIpc) is 2.30. The van der Waals surface area contributed by atoms with Gasteiger partial charge in [-0.25, -0.2) is 4.79 Å². The predicted octanol–water partition coefficient (Wildman–Crippen LogP) is 3.81. The van der Waals surface area contributed by atoms with Crippen molar-refractivity contribution in [3.05, 3.63) is 35.9 Å². The molecule has 1 aromatic rings. The highest BCUT2D eigenvalue weighted by atomic mass is 16.5. The van der Waals surface area contributed by atoms with Gasteiger partial charge in [0.1, 0.15) is 0 Å². The van der Waals surface area contributed by atoms with Crippen molar-refractivity contribution in [2.75, 3.05) is 0 Å². The lowest BCUT2D eigenvalue weighted by atomic mass is 10.1. The lowest BCUT2D eigenvalue weighted by Gasteiger charge is -2.12. The van der Waals surface area contributed by atoms with Gasteiger partial charge < -0.3 is 4.74 Å². The first kappa shape index (κ1) is 12.8. The first-order valence-electron chi connectivity index (χ1n) is 6.00. The lowest BCUT2D eigenvalue weighted by Crippen LogP contribution is -2.14. The Morgan fingerprint density at radius 3 is 2.56 bits per heavy atom. The molecule has 2 heteroatoms. The van der Waals surface area contributed by atoms with Crippen LogP contribution in [-0.4, -0.2) is 12.1 Å². The fourth-order valence-corrected chi connectivity index (χ4v) is 1.57. The topological polar surface area (TPSA) is 26.3 Å². The van der Waals surface area contributed by atoms with Crippen LogP contribution in [0.4, 0.5) is 0 Å².